The first kappa shape index (κ1) is 19.0. The van der Waals surface area contributed by atoms with E-state index in [1.54, 1.807) is 0 Å². The fourth-order valence-electron chi connectivity index (χ4n) is 2.63. The molecule has 132 valence electrons. The molecule has 0 heterocycles. The van der Waals surface area contributed by atoms with E-state index in [1.807, 2.05) is 31.2 Å². The Kier molecular flexibility index (Phi) is 6.10. The number of benzene rings is 1. The molecule has 1 aliphatic rings. The predicted octanol–water partition coefficient (Wildman–Crippen LogP) is 6.21. The van der Waals surface area contributed by atoms with Crippen molar-refractivity contribution in [3.63, 3.8) is 0 Å². The van der Waals surface area contributed by atoms with Gasteiger partial charge in [0.25, 0.3) is 0 Å². The highest BCUT2D eigenvalue weighted by Crippen LogP contribution is 2.39. The lowest BCUT2D eigenvalue weighted by Gasteiger charge is -2.41. The minimum absolute atomic E-state index is 0.0146. The summed E-state index contributed by atoms with van der Waals surface area (Å²) in [6, 6.07) is 8.20. The summed E-state index contributed by atoms with van der Waals surface area (Å²) in [6.07, 6.45) is 10.7. The molecule has 0 radical (unpaired) electrons. The highest BCUT2D eigenvalue weighted by atomic mass is 28.4. The van der Waals surface area contributed by atoms with Gasteiger partial charge in [0, 0.05) is 5.56 Å². The van der Waals surface area contributed by atoms with Crippen molar-refractivity contribution in [2.45, 2.75) is 70.9 Å². The van der Waals surface area contributed by atoms with Gasteiger partial charge < -0.3 is 9.16 Å². The van der Waals surface area contributed by atoms with Crippen molar-refractivity contribution in [2.75, 3.05) is 0 Å². The minimum atomic E-state index is -1.81. The van der Waals surface area contributed by atoms with Crippen molar-refractivity contribution in [3.8, 4) is 5.75 Å². The third-order valence-electron chi connectivity index (χ3n) is 5.09. The largest absolute Gasteiger partial charge is 0.483 e. The van der Waals surface area contributed by atoms with E-state index in [-0.39, 0.29) is 17.2 Å². The van der Waals surface area contributed by atoms with Crippen LogP contribution in [0.1, 0.15) is 46.1 Å². The highest BCUT2D eigenvalue weighted by molar-refractivity contribution is 6.74. The normalized spacial score (nSPS) is 22.1. The van der Waals surface area contributed by atoms with Gasteiger partial charge in [-0.15, -0.1) is 0 Å². The van der Waals surface area contributed by atoms with Gasteiger partial charge in [0.05, 0.1) is 6.10 Å². The Balaban J connectivity index is 2.19. The second-order valence-electron chi connectivity index (χ2n) is 8.04. The number of hydrogen-bond acceptors (Lipinski definition) is 2. The van der Waals surface area contributed by atoms with Crippen molar-refractivity contribution < 1.29 is 9.16 Å². The van der Waals surface area contributed by atoms with Crippen LogP contribution in [0.5, 0.6) is 5.75 Å². The van der Waals surface area contributed by atoms with Gasteiger partial charge in [-0.25, -0.2) is 0 Å². The zero-order chi connectivity index (χ0) is 17.8. The average molecular weight is 345 g/mol. The van der Waals surface area contributed by atoms with Crippen LogP contribution in [0.25, 0.3) is 6.08 Å². The third-order valence-corrected chi connectivity index (χ3v) is 9.59. The van der Waals surface area contributed by atoms with Crippen molar-refractivity contribution >= 4 is 14.4 Å². The van der Waals surface area contributed by atoms with E-state index in [2.05, 4.69) is 58.2 Å². The van der Waals surface area contributed by atoms with Crippen molar-refractivity contribution in [1.29, 1.82) is 0 Å². The Morgan fingerprint density at radius 1 is 1.17 bits per heavy atom. The Morgan fingerprint density at radius 3 is 2.54 bits per heavy atom. The summed E-state index contributed by atoms with van der Waals surface area (Å²) >= 11 is 0. The molecule has 1 aromatic rings. The monoisotopic (exact) mass is 344 g/mol. The molecule has 2 atom stereocenters. The smallest absolute Gasteiger partial charge is 0.192 e. The minimum Gasteiger partial charge on any atom is -0.483 e. The second kappa shape index (κ2) is 7.71. The van der Waals surface area contributed by atoms with Crippen molar-refractivity contribution in [1.82, 2.24) is 0 Å². The van der Waals surface area contributed by atoms with Crippen molar-refractivity contribution in [3.05, 3.63) is 48.1 Å². The number of ether oxygens (including phenoxy) is 1. The molecule has 0 unspecified atom stereocenters. The van der Waals surface area contributed by atoms with Crippen LogP contribution in [0, 0.1) is 0 Å². The van der Waals surface area contributed by atoms with Gasteiger partial charge in [0.15, 0.2) is 8.32 Å². The first-order valence-electron chi connectivity index (χ1n) is 8.97. The molecule has 0 aromatic heterocycles. The van der Waals surface area contributed by atoms with E-state index < -0.39 is 8.32 Å². The van der Waals surface area contributed by atoms with Crippen LogP contribution in [0.15, 0.2) is 42.5 Å². The van der Waals surface area contributed by atoms with Crippen LogP contribution in [-0.2, 0) is 4.43 Å². The quantitative estimate of drug-likeness (QED) is 0.467. The topological polar surface area (TPSA) is 18.5 Å². The summed E-state index contributed by atoms with van der Waals surface area (Å²) in [5.74, 6) is 0.927. The summed E-state index contributed by atoms with van der Waals surface area (Å²) < 4.78 is 13.0. The molecule has 0 amide bonds. The van der Waals surface area contributed by atoms with E-state index in [0.717, 1.165) is 24.2 Å². The lowest BCUT2D eigenvalue weighted by Crippen LogP contribution is -2.48. The Morgan fingerprint density at radius 2 is 1.88 bits per heavy atom. The fraction of sp³-hybridized carbons (Fsp3) is 0.524. The number of para-hydroxylation sites is 1. The maximum absolute atomic E-state index is 6.67. The van der Waals surface area contributed by atoms with Gasteiger partial charge in [-0.2, -0.15) is 0 Å². The lowest BCUT2D eigenvalue weighted by atomic mass is 10.0. The van der Waals surface area contributed by atoms with Crippen LogP contribution in [-0.4, -0.2) is 20.5 Å². The fourth-order valence-corrected chi connectivity index (χ4v) is 3.99. The van der Waals surface area contributed by atoms with E-state index in [9.17, 15) is 0 Å². The lowest BCUT2D eigenvalue weighted by molar-refractivity contribution is 0.0614. The molecule has 0 bridgehead atoms. The number of hydrogen-bond donors (Lipinski definition) is 0. The molecule has 0 spiro atoms. The van der Waals surface area contributed by atoms with E-state index in [0.29, 0.717) is 0 Å². The summed E-state index contributed by atoms with van der Waals surface area (Å²) in [4.78, 5) is 0. The second-order valence-corrected chi connectivity index (χ2v) is 12.8. The highest BCUT2D eigenvalue weighted by Gasteiger charge is 2.41. The molecule has 1 aliphatic carbocycles. The van der Waals surface area contributed by atoms with Gasteiger partial charge >= 0.3 is 0 Å². The molecule has 0 saturated carbocycles. The van der Waals surface area contributed by atoms with Crippen LogP contribution < -0.4 is 4.74 Å². The van der Waals surface area contributed by atoms with Crippen LogP contribution in [0.3, 0.4) is 0 Å². The summed E-state index contributed by atoms with van der Waals surface area (Å²) in [5.41, 5.74) is 1.12. The molecule has 2 rings (SSSR count). The molecule has 1 aromatic carbocycles. The first-order chi connectivity index (χ1) is 11.2. The maximum atomic E-state index is 6.67. The predicted molar refractivity (Wildman–Crippen MR) is 106 cm³/mol. The van der Waals surface area contributed by atoms with Gasteiger partial charge in [-0.3, -0.25) is 0 Å². The Bertz CT molecular complexity index is 596. The van der Waals surface area contributed by atoms with Crippen LogP contribution >= 0.6 is 0 Å². The molecule has 0 aliphatic heterocycles. The standard InChI is InChI=1S/C21H32O2Si/c1-7-12-17-13-8-9-14-18(17)22-19-15-10-11-16-20(19)23-24(5,6)21(2,3)4/h7-10,12-15,19-20H,11,16H2,1-6H3/b12-7-/t19-,20-/m1/s1. The maximum Gasteiger partial charge on any atom is 0.192 e. The summed E-state index contributed by atoms with van der Waals surface area (Å²) in [7, 11) is -1.81. The molecule has 24 heavy (non-hydrogen) atoms. The van der Waals surface area contributed by atoms with E-state index in [1.165, 1.54) is 0 Å². The van der Waals surface area contributed by atoms with Gasteiger partial charge in [-0.05, 0) is 50.0 Å². The zero-order valence-corrected chi connectivity index (χ0v) is 17.0. The molecule has 0 saturated heterocycles. The Hall–Kier alpha value is -1.32. The number of allylic oxidation sites excluding steroid dienone is 2. The molecule has 0 N–H and O–H groups in total. The molecular weight excluding hydrogens is 312 g/mol. The Labute approximate surface area is 148 Å². The summed E-state index contributed by atoms with van der Waals surface area (Å²) in [6.45, 7) is 13.5. The molecule has 3 heteroatoms. The number of rotatable bonds is 5. The van der Waals surface area contributed by atoms with Crippen LogP contribution in [0.2, 0.25) is 18.1 Å². The molecule has 2 nitrogen and oxygen atoms in total. The zero-order valence-electron chi connectivity index (χ0n) is 16.0. The van der Waals surface area contributed by atoms with Gasteiger partial charge in [0.2, 0.25) is 0 Å². The first-order valence-corrected chi connectivity index (χ1v) is 11.9. The summed E-state index contributed by atoms with van der Waals surface area (Å²) in [5, 5.41) is 0.210. The SMILES string of the molecule is C/C=C\c1ccccc1O[C@@H]1C=CCC[C@H]1O[Si](C)(C)C(C)(C)C. The van der Waals surface area contributed by atoms with Crippen molar-refractivity contribution in [2.24, 2.45) is 0 Å². The van der Waals surface area contributed by atoms with E-state index >= 15 is 0 Å². The molecular formula is C21H32O2Si. The third kappa shape index (κ3) is 4.61. The van der Waals surface area contributed by atoms with E-state index in [4.69, 9.17) is 9.16 Å². The van der Waals surface area contributed by atoms with Crippen LogP contribution in [0.4, 0.5) is 0 Å². The van der Waals surface area contributed by atoms with Gasteiger partial charge in [-0.1, -0.05) is 57.2 Å². The van der Waals surface area contributed by atoms with Gasteiger partial charge in [0.1, 0.15) is 11.9 Å². The average Bonchev–Trinajstić information content (AvgIpc) is 2.50. The molecule has 0 fully saturated rings.